The van der Waals surface area contributed by atoms with Gasteiger partial charge in [0.1, 0.15) is 11.4 Å². The maximum atomic E-state index is 12.4. The first kappa shape index (κ1) is 22.8. The van der Waals surface area contributed by atoms with E-state index in [2.05, 4.69) is 0 Å². The first-order valence-corrected chi connectivity index (χ1v) is 10.6. The summed E-state index contributed by atoms with van der Waals surface area (Å²) in [6.45, 7) is 9.15. The summed E-state index contributed by atoms with van der Waals surface area (Å²) in [5, 5.41) is 0. The van der Waals surface area contributed by atoms with Crippen LogP contribution in [0.1, 0.15) is 47.8 Å². The lowest BCUT2D eigenvalue weighted by Gasteiger charge is -2.20. The summed E-state index contributed by atoms with van der Waals surface area (Å²) in [5.74, 6) is 0.212. The molecule has 154 valence electrons. The van der Waals surface area contributed by atoms with Gasteiger partial charge in [-0.15, -0.1) is 11.8 Å². The molecule has 0 aromatic heterocycles. The molecule has 0 aliphatic rings. The number of carbonyl (C=O) groups is 2. The van der Waals surface area contributed by atoms with Gasteiger partial charge >= 0.3 is 5.97 Å². The second-order valence-corrected chi connectivity index (χ2v) is 8.66. The Kier molecular flexibility index (Phi) is 7.68. The monoisotopic (exact) mass is 412 g/mol. The highest BCUT2D eigenvalue weighted by atomic mass is 32.2. The minimum absolute atomic E-state index is 0.0433. The van der Waals surface area contributed by atoms with E-state index in [1.54, 1.807) is 23.9 Å². The van der Waals surface area contributed by atoms with Crippen molar-refractivity contribution in [2.45, 2.75) is 45.1 Å². The lowest BCUT2D eigenvalue weighted by atomic mass is 10.0. The first-order valence-electron chi connectivity index (χ1n) is 9.41. The summed E-state index contributed by atoms with van der Waals surface area (Å²) in [6, 6.07) is 11.4. The summed E-state index contributed by atoms with van der Waals surface area (Å²) in [6.07, 6.45) is 5.37. The normalized spacial score (nSPS) is 11.5. The first-order chi connectivity index (χ1) is 13.6. The molecule has 0 amide bonds. The molecule has 0 spiro atoms. The number of rotatable bonds is 7. The summed E-state index contributed by atoms with van der Waals surface area (Å²) < 4.78 is 10.9. The Balaban J connectivity index is 2.06. The fourth-order valence-electron chi connectivity index (χ4n) is 2.83. The van der Waals surface area contributed by atoms with Crippen LogP contribution in [-0.4, -0.2) is 30.2 Å². The molecular weight excluding hydrogens is 384 g/mol. The molecule has 0 atom stereocenters. The zero-order valence-corrected chi connectivity index (χ0v) is 18.7. The molecule has 4 nitrogen and oxygen atoms in total. The van der Waals surface area contributed by atoms with Gasteiger partial charge in [-0.2, -0.15) is 0 Å². The second-order valence-electron chi connectivity index (χ2n) is 7.79. The number of benzene rings is 2. The van der Waals surface area contributed by atoms with Crippen molar-refractivity contribution in [2.75, 3.05) is 12.9 Å². The molecule has 0 radical (unpaired) electrons. The molecule has 0 aliphatic carbocycles. The Morgan fingerprint density at radius 1 is 1.03 bits per heavy atom. The van der Waals surface area contributed by atoms with Crippen molar-refractivity contribution in [3.8, 4) is 5.75 Å². The SMILES string of the molecule is CSc1ccc(C(=O)/C=C/c2cc(C)c(OCC(=O)OC(C)(C)C)c(C)c2)cc1. The molecule has 0 N–H and O–H groups in total. The van der Waals surface area contributed by atoms with Gasteiger partial charge in [0.05, 0.1) is 0 Å². The molecule has 0 bridgehead atoms. The van der Waals surface area contributed by atoms with Crippen molar-refractivity contribution >= 4 is 29.6 Å². The molecular formula is C24H28O4S. The van der Waals surface area contributed by atoms with Crippen LogP contribution in [0, 0.1) is 13.8 Å². The fraction of sp³-hybridized carbons (Fsp3) is 0.333. The number of carbonyl (C=O) groups excluding carboxylic acids is 2. The van der Waals surface area contributed by atoms with E-state index in [0.717, 1.165) is 21.6 Å². The maximum Gasteiger partial charge on any atom is 0.344 e. The van der Waals surface area contributed by atoms with E-state index in [-0.39, 0.29) is 12.4 Å². The van der Waals surface area contributed by atoms with E-state index < -0.39 is 11.6 Å². The third-order valence-electron chi connectivity index (χ3n) is 4.04. The van der Waals surface area contributed by atoms with Crippen LogP contribution in [0.25, 0.3) is 6.08 Å². The molecule has 2 rings (SSSR count). The van der Waals surface area contributed by atoms with Crippen LogP contribution in [0.4, 0.5) is 0 Å². The van der Waals surface area contributed by atoms with Crippen molar-refractivity contribution < 1.29 is 19.1 Å². The summed E-state index contributed by atoms with van der Waals surface area (Å²) in [7, 11) is 0. The Bertz CT molecular complexity index is 882. The molecule has 5 heteroatoms. The number of hydrogen-bond acceptors (Lipinski definition) is 5. The highest BCUT2D eigenvalue weighted by Crippen LogP contribution is 2.26. The Morgan fingerprint density at radius 2 is 1.62 bits per heavy atom. The van der Waals surface area contributed by atoms with Gasteiger partial charge in [-0.05, 0) is 100 Å². The second kappa shape index (κ2) is 9.79. The van der Waals surface area contributed by atoms with Gasteiger partial charge < -0.3 is 9.47 Å². The van der Waals surface area contributed by atoms with Crippen LogP contribution < -0.4 is 4.74 Å². The van der Waals surface area contributed by atoms with Crippen LogP contribution in [0.2, 0.25) is 0 Å². The van der Waals surface area contributed by atoms with Crippen LogP contribution in [0.5, 0.6) is 5.75 Å². The van der Waals surface area contributed by atoms with E-state index in [9.17, 15) is 9.59 Å². The van der Waals surface area contributed by atoms with Gasteiger partial charge in [0.25, 0.3) is 0 Å². The number of ether oxygens (including phenoxy) is 2. The van der Waals surface area contributed by atoms with Crippen molar-refractivity contribution in [1.29, 1.82) is 0 Å². The number of aryl methyl sites for hydroxylation is 2. The summed E-state index contributed by atoms with van der Waals surface area (Å²) >= 11 is 1.64. The van der Waals surface area contributed by atoms with Crippen molar-refractivity contribution in [1.82, 2.24) is 0 Å². The number of hydrogen-bond donors (Lipinski definition) is 0. The van der Waals surface area contributed by atoms with Gasteiger partial charge in [-0.3, -0.25) is 4.79 Å². The quantitative estimate of drug-likeness (QED) is 0.255. The molecule has 29 heavy (non-hydrogen) atoms. The van der Waals surface area contributed by atoms with Crippen molar-refractivity contribution in [2.24, 2.45) is 0 Å². The molecule has 0 saturated heterocycles. The molecule has 0 aliphatic heterocycles. The van der Waals surface area contributed by atoms with Crippen molar-refractivity contribution in [3.63, 3.8) is 0 Å². The van der Waals surface area contributed by atoms with Crippen molar-refractivity contribution in [3.05, 3.63) is 64.7 Å². The van der Waals surface area contributed by atoms with Crippen LogP contribution in [-0.2, 0) is 9.53 Å². The minimum atomic E-state index is -0.540. The van der Waals surface area contributed by atoms with E-state index in [1.807, 2.05) is 77.3 Å². The predicted molar refractivity (Wildman–Crippen MR) is 119 cm³/mol. The number of allylic oxidation sites excluding steroid dienone is 1. The summed E-state index contributed by atoms with van der Waals surface area (Å²) in [4.78, 5) is 25.4. The third-order valence-corrected chi connectivity index (χ3v) is 4.78. The zero-order valence-electron chi connectivity index (χ0n) is 17.9. The van der Waals surface area contributed by atoms with E-state index in [1.165, 1.54) is 0 Å². The van der Waals surface area contributed by atoms with Gasteiger partial charge in [0, 0.05) is 10.5 Å². The van der Waals surface area contributed by atoms with E-state index >= 15 is 0 Å². The van der Waals surface area contributed by atoms with Gasteiger partial charge in [-0.25, -0.2) is 4.79 Å². The molecule has 0 saturated carbocycles. The average molecular weight is 413 g/mol. The minimum Gasteiger partial charge on any atom is -0.481 e. The van der Waals surface area contributed by atoms with Crippen LogP contribution >= 0.6 is 11.8 Å². The van der Waals surface area contributed by atoms with Crippen LogP contribution in [0.15, 0.2) is 47.4 Å². The number of esters is 1. The van der Waals surface area contributed by atoms with Crippen LogP contribution in [0.3, 0.4) is 0 Å². The highest BCUT2D eigenvalue weighted by Gasteiger charge is 2.17. The number of thioether (sulfide) groups is 1. The zero-order chi connectivity index (χ0) is 21.6. The Morgan fingerprint density at radius 3 is 2.14 bits per heavy atom. The summed E-state index contributed by atoms with van der Waals surface area (Å²) in [5.41, 5.74) is 2.81. The standard InChI is InChI=1S/C24H28O4S/c1-16-13-18(7-12-21(25)19-8-10-20(29-6)11-9-19)14-17(2)23(16)27-15-22(26)28-24(3,4)5/h7-14H,15H2,1-6H3/b12-7+. The van der Waals surface area contributed by atoms with E-state index in [0.29, 0.717) is 11.3 Å². The Hall–Kier alpha value is -2.53. The molecule has 0 heterocycles. The predicted octanol–water partition coefficient (Wildman–Crippen LogP) is 5.64. The molecule has 0 fully saturated rings. The lowest BCUT2D eigenvalue weighted by molar-refractivity contribution is -0.157. The largest absolute Gasteiger partial charge is 0.481 e. The maximum absolute atomic E-state index is 12.4. The van der Waals surface area contributed by atoms with Gasteiger partial charge in [0.15, 0.2) is 12.4 Å². The lowest BCUT2D eigenvalue weighted by Crippen LogP contribution is -2.27. The average Bonchev–Trinajstić information content (AvgIpc) is 2.64. The number of ketones is 1. The molecule has 2 aromatic rings. The Labute approximate surface area is 177 Å². The topological polar surface area (TPSA) is 52.6 Å². The fourth-order valence-corrected chi connectivity index (χ4v) is 3.24. The van der Waals surface area contributed by atoms with Gasteiger partial charge in [-0.1, -0.05) is 6.08 Å². The third kappa shape index (κ3) is 7.09. The smallest absolute Gasteiger partial charge is 0.344 e. The molecule has 2 aromatic carbocycles. The van der Waals surface area contributed by atoms with Gasteiger partial charge in [0.2, 0.25) is 0 Å². The highest BCUT2D eigenvalue weighted by molar-refractivity contribution is 7.98. The molecule has 0 unspecified atom stereocenters. The van der Waals surface area contributed by atoms with E-state index in [4.69, 9.17) is 9.47 Å².